The van der Waals surface area contributed by atoms with Crippen LogP contribution in [0.25, 0.3) is 11.3 Å². The fourth-order valence-electron chi connectivity index (χ4n) is 5.19. The zero-order chi connectivity index (χ0) is 24.7. The van der Waals surface area contributed by atoms with Gasteiger partial charge in [0.25, 0.3) is 11.5 Å². The summed E-state index contributed by atoms with van der Waals surface area (Å²) in [6.45, 7) is 6.98. The Hall–Kier alpha value is -3.73. The summed E-state index contributed by atoms with van der Waals surface area (Å²) in [6, 6.07) is 17.7. The van der Waals surface area contributed by atoms with Crippen LogP contribution in [0.4, 0.5) is 0 Å². The molecule has 2 heterocycles. The maximum absolute atomic E-state index is 13.9. The Morgan fingerprint density at radius 3 is 2.31 bits per heavy atom. The maximum atomic E-state index is 13.9. The van der Waals surface area contributed by atoms with Gasteiger partial charge in [-0.25, -0.2) is 0 Å². The largest absolute Gasteiger partial charge is 0.334 e. The summed E-state index contributed by atoms with van der Waals surface area (Å²) >= 11 is 0. The van der Waals surface area contributed by atoms with E-state index in [9.17, 15) is 14.4 Å². The molecule has 0 bridgehead atoms. The zero-order valence-corrected chi connectivity index (χ0v) is 20.5. The molecule has 35 heavy (non-hydrogen) atoms. The summed E-state index contributed by atoms with van der Waals surface area (Å²) in [6.07, 6.45) is 5.35. The van der Waals surface area contributed by atoms with E-state index in [0.717, 1.165) is 17.5 Å². The molecule has 0 N–H and O–H groups in total. The van der Waals surface area contributed by atoms with E-state index in [2.05, 4.69) is 18.2 Å². The molecule has 0 saturated heterocycles. The Balaban J connectivity index is 1.59. The Kier molecular flexibility index (Phi) is 5.79. The SMILES string of the molecule is Cc1ccc(-n2cc3c(c(C(=O)N4CC=C(c5ccccc5)CC4)c2=O)CC(C)(C)CC3=O)cc1. The quantitative estimate of drug-likeness (QED) is 0.531. The summed E-state index contributed by atoms with van der Waals surface area (Å²) in [5.74, 6) is -0.308. The number of rotatable bonds is 3. The second-order valence-corrected chi connectivity index (χ2v) is 10.4. The van der Waals surface area contributed by atoms with Crippen LogP contribution in [0.1, 0.15) is 64.1 Å². The van der Waals surface area contributed by atoms with Gasteiger partial charge in [0.05, 0.1) is 0 Å². The second kappa shape index (κ2) is 8.81. The molecular formula is C30H30N2O3. The minimum Gasteiger partial charge on any atom is -0.334 e. The molecule has 3 aromatic rings. The average molecular weight is 467 g/mol. The van der Waals surface area contributed by atoms with Crippen LogP contribution in [0.3, 0.4) is 0 Å². The molecule has 0 spiro atoms. The van der Waals surface area contributed by atoms with Crippen LogP contribution in [-0.4, -0.2) is 34.2 Å². The molecule has 0 saturated carbocycles. The third-order valence-corrected chi connectivity index (χ3v) is 7.08. The lowest BCUT2D eigenvalue weighted by Crippen LogP contribution is -2.42. The Labute approximate surface area is 205 Å². The lowest BCUT2D eigenvalue weighted by Gasteiger charge is -2.33. The summed E-state index contributed by atoms with van der Waals surface area (Å²) in [7, 11) is 0. The predicted octanol–water partition coefficient (Wildman–Crippen LogP) is 5.23. The second-order valence-electron chi connectivity index (χ2n) is 10.4. The monoisotopic (exact) mass is 466 g/mol. The van der Waals surface area contributed by atoms with Crippen molar-refractivity contribution >= 4 is 17.3 Å². The molecular weight excluding hydrogens is 436 g/mol. The van der Waals surface area contributed by atoms with Gasteiger partial charge in [-0.05, 0) is 54.0 Å². The van der Waals surface area contributed by atoms with Crippen LogP contribution in [0.2, 0.25) is 0 Å². The van der Waals surface area contributed by atoms with Crippen LogP contribution in [0.15, 0.2) is 71.7 Å². The number of aromatic nitrogens is 1. The number of carbonyl (C=O) groups excluding carboxylic acids is 2. The normalized spacial score (nSPS) is 17.1. The molecule has 178 valence electrons. The molecule has 0 atom stereocenters. The first-order chi connectivity index (χ1) is 16.7. The van der Waals surface area contributed by atoms with Gasteiger partial charge in [-0.3, -0.25) is 19.0 Å². The number of pyridine rings is 1. The van der Waals surface area contributed by atoms with Crippen molar-refractivity contribution in [2.24, 2.45) is 5.41 Å². The zero-order valence-electron chi connectivity index (χ0n) is 20.5. The molecule has 0 unspecified atom stereocenters. The molecule has 5 heteroatoms. The van der Waals surface area contributed by atoms with E-state index in [1.54, 1.807) is 11.1 Å². The van der Waals surface area contributed by atoms with Crippen molar-refractivity contribution in [3.63, 3.8) is 0 Å². The number of fused-ring (bicyclic) bond motifs is 1. The van der Waals surface area contributed by atoms with Gasteiger partial charge in [0.2, 0.25) is 0 Å². The van der Waals surface area contributed by atoms with Gasteiger partial charge >= 0.3 is 0 Å². The molecule has 1 amide bonds. The van der Waals surface area contributed by atoms with Crippen molar-refractivity contribution in [1.82, 2.24) is 9.47 Å². The van der Waals surface area contributed by atoms with Crippen molar-refractivity contribution in [1.29, 1.82) is 0 Å². The van der Waals surface area contributed by atoms with Gasteiger partial charge in [-0.2, -0.15) is 0 Å². The van der Waals surface area contributed by atoms with E-state index in [0.29, 0.717) is 42.7 Å². The predicted molar refractivity (Wildman–Crippen MR) is 138 cm³/mol. The average Bonchev–Trinajstić information content (AvgIpc) is 2.84. The van der Waals surface area contributed by atoms with Crippen molar-refractivity contribution in [2.75, 3.05) is 13.1 Å². The van der Waals surface area contributed by atoms with Crippen molar-refractivity contribution in [3.8, 4) is 5.69 Å². The number of Topliss-reactive ketones (excluding diaryl/α,β-unsaturated/α-hetero) is 1. The molecule has 2 aliphatic rings. The highest BCUT2D eigenvalue weighted by molar-refractivity contribution is 6.04. The standard InChI is InChI=1S/C30H30N2O3/c1-20-9-11-23(12-10-20)32-19-25-24(17-30(2,3)18-26(25)33)27(29(32)35)28(34)31-15-13-22(14-16-31)21-7-5-4-6-8-21/h4-13,19H,14-18H2,1-3H3. The lowest BCUT2D eigenvalue weighted by atomic mass is 9.73. The van der Waals surface area contributed by atoms with Gasteiger partial charge in [0.15, 0.2) is 5.78 Å². The van der Waals surface area contributed by atoms with E-state index >= 15 is 0 Å². The number of hydrogen-bond donors (Lipinski definition) is 0. The molecule has 2 aromatic carbocycles. The summed E-state index contributed by atoms with van der Waals surface area (Å²) < 4.78 is 1.47. The van der Waals surface area contributed by atoms with Crippen molar-refractivity contribution < 1.29 is 9.59 Å². The highest BCUT2D eigenvalue weighted by Gasteiger charge is 2.37. The number of carbonyl (C=O) groups is 2. The fraction of sp³-hybridized carbons (Fsp3) is 0.300. The van der Waals surface area contributed by atoms with Crippen LogP contribution >= 0.6 is 0 Å². The van der Waals surface area contributed by atoms with Crippen molar-refractivity contribution in [3.05, 3.63) is 105 Å². The molecule has 5 rings (SSSR count). The third kappa shape index (κ3) is 4.39. The Morgan fingerprint density at radius 1 is 0.943 bits per heavy atom. The molecule has 5 nitrogen and oxygen atoms in total. The van der Waals surface area contributed by atoms with Crippen LogP contribution in [-0.2, 0) is 6.42 Å². The van der Waals surface area contributed by atoms with Crippen LogP contribution < -0.4 is 5.56 Å². The van der Waals surface area contributed by atoms with E-state index in [-0.39, 0.29) is 28.2 Å². The molecule has 1 aliphatic heterocycles. The topological polar surface area (TPSA) is 59.4 Å². The summed E-state index contributed by atoms with van der Waals surface area (Å²) in [5, 5.41) is 0. The molecule has 1 aliphatic carbocycles. The lowest BCUT2D eigenvalue weighted by molar-refractivity contribution is 0.0768. The first-order valence-corrected chi connectivity index (χ1v) is 12.2. The van der Waals surface area contributed by atoms with Crippen molar-refractivity contribution in [2.45, 2.75) is 40.0 Å². The van der Waals surface area contributed by atoms with E-state index < -0.39 is 0 Å². The van der Waals surface area contributed by atoms with Gasteiger partial charge in [-0.1, -0.05) is 68.0 Å². The van der Waals surface area contributed by atoms with Crippen LogP contribution in [0, 0.1) is 12.3 Å². The van der Waals surface area contributed by atoms with Gasteiger partial charge in [-0.15, -0.1) is 0 Å². The third-order valence-electron chi connectivity index (χ3n) is 7.08. The molecule has 0 radical (unpaired) electrons. The highest BCUT2D eigenvalue weighted by Crippen LogP contribution is 2.36. The number of nitrogens with zero attached hydrogens (tertiary/aromatic N) is 2. The maximum Gasteiger partial charge on any atom is 0.268 e. The molecule has 1 aromatic heterocycles. The molecule has 0 fully saturated rings. The number of benzene rings is 2. The number of ketones is 1. The summed E-state index contributed by atoms with van der Waals surface area (Å²) in [5.41, 5.74) is 4.66. The van der Waals surface area contributed by atoms with E-state index in [1.165, 1.54) is 10.1 Å². The van der Waals surface area contributed by atoms with E-state index in [4.69, 9.17) is 0 Å². The first-order valence-electron chi connectivity index (χ1n) is 12.2. The fourth-order valence-corrected chi connectivity index (χ4v) is 5.19. The highest BCUT2D eigenvalue weighted by atomic mass is 16.2. The smallest absolute Gasteiger partial charge is 0.268 e. The number of aryl methyl sites for hydroxylation is 1. The minimum absolute atomic E-state index is 0.0175. The van der Waals surface area contributed by atoms with E-state index in [1.807, 2.05) is 63.2 Å². The van der Waals surface area contributed by atoms with Crippen LogP contribution in [0.5, 0.6) is 0 Å². The Morgan fingerprint density at radius 2 is 1.66 bits per heavy atom. The summed E-state index contributed by atoms with van der Waals surface area (Å²) in [4.78, 5) is 42.5. The van der Waals surface area contributed by atoms with Gasteiger partial charge in [0.1, 0.15) is 5.56 Å². The minimum atomic E-state index is -0.360. The first kappa shape index (κ1) is 23.0. The number of hydrogen-bond acceptors (Lipinski definition) is 3. The van der Waals surface area contributed by atoms with Gasteiger partial charge in [0, 0.05) is 37.0 Å². The number of amides is 1. The Bertz CT molecular complexity index is 1400. The van der Waals surface area contributed by atoms with Gasteiger partial charge < -0.3 is 4.90 Å².